The van der Waals surface area contributed by atoms with Crippen LogP contribution in [0.3, 0.4) is 0 Å². The first-order chi connectivity index (χ1) is 7.05. The first-order valence-corrected chi connectivity index (χ1v) is 3.96. The van der Waals surface area contributed by atoms with E-state index in [1.807, 2.05) is 0 Å². The zero-order valence-electron chi connectivity index (χ0n) is 7.50. The Bertz CT molecular complexity index is 367. The summed E-state index contributed by atoms with van der Waals surface area (Å²) >= 11 is 0. The van der Waals surface area contributed by atoms with Gasteiger partial charge in [-0.1, -0.05) is 18.2 Å². The Kier molecular flexibility index (Phi) is 2.93. The van der Waals surface area contributed by atoms with Crippen LogP contribution in [0.1, 0.15) is 5.56 Å². The minimum atomic E-state index is -2.89. The van der Waals surface area contributed by atoms with E-state index in [0.717, 1.165) is 12.1 Å². The second-order valence-electron chi connectivity index (χ2n) is 2.83. The van der Waals surface area contributed by atoms with Gasteiger partial charge < -0.3 is 0 Å². The van der Waals surface area contributed by atoms with Crippen molar-refractivity contribution in [2.75, 3.05) is 6.67 Å². The highest BCUT2D eigenvalue weighted by molar-refractivity contribution is 5.19. The smallest absolute Gasteiger partial charge is 0.258 e. The topological polar surface area (TPSA) is 86.3 Å². The summed E-state index contributed by atoms with van der Waals surface area (Å²) in [5.41, 5.74) is -3.16. The molecule has 0 atom stereocenters. The van der Waals surface area contributed by atoms with Crippen LogP contribution in [0.2, 0.25) is 0 Å². The fraction of sp³-hybridized carbons (Fsp3) is 0.250. The average Bonchev–Trinajstić information content (AvgIpc) is 2.20. The maximum Gasteiger partial charge on any atom is 0.511 e. The first kappa shape index (κ1) is 11.0. The molecule has 6 nitrogen and oxygen atoms in total. The van der Waals surface area contributed by atoms with Gasteiger partial charge in [-0.3, -0.25) is 20.2 Å². The van der Waals surface area contributed by atoms with Gasteiger partial charge in [0.05, 0.1) is 0 Å². The van der Waals surface area contributed by atoms with Gasteiger partial charge in [-0.15, -0.1) is 0 Å². The third-order valence-electron chi connectivity index (χ3n) is 2.03. The largest absolute Gasteiger partial charge is 0.511 e. The van der Waals surface area contributed by atoms with E-state index in [0.29, 0.717) is 0 Å². The quantitative estimate of drug-likeness (QED) is 0.430. The minimum Gasteiger partial charge on any atom is -0.258 e. The number of alkyl halides is 1. The number of nitrogens with zero attached hydrogens (tertiary/aromatic N) is 2. The van der Waals surface area contributed by atoms with Gasteiger partial charge in [0, 0.05) is 0 Å². The number of rotatable bonds is 4. The van der Waals surface area contributed by atoms with Gasteiger partial charge in [0.15, 0.2) is 0 Å². The predicted octanol–water partition coefficient (Wildman–Crippen LogP) is 1.36. The molecule has 15 heavy (non-hydrogen) atoms. The Balaban J connectivity index is 3.35. The molecule has 0 unspecified atom stereocenters. The second kappa shape index (κ2) is 3.99. The predicted molar refractivity (Wildman–Crippen MR) is 48.1 cm³/mol. The van der Waals surface area contributed by atoms with Crippen LogP contribution < -0.4 is 0 Å². The molecule has 0 saturated carbocycles. The molecule has 0 spiro atoms. The lowest BCUT2D eigenvalue weighted by molar-refractivity contribution is -0.810. The van der Waals surface area contributed by atoms with E-state index >= 15 is 0 Å². The Morgan fingerprint density at radius 1 is 1.13 bits per heavy atom. The van der Waals surface area contributed by atoms with E-state index in [4.69, 9.17) is 0 Å². The molecular weight excluding hydrogens is 207 g/mol. The standard InChI is InChI=1S/C8H7FN2O4/c9-6-8(10(12)13,11(14)15)7-4-2-1-3-5-7/h1-5H,6H2. The van der Waals surface area contributed by atoms with Gasteiger partial charge in [-0.2, -0.15) is 0 Å². The Labute approximate surface area is 83.6 Å². The van der Waals surface area contributed by atoms with Crippen LogP contribution in [0.25, 0.3) is 0 Å². The zero-order chi connectivity index (χ0) is 11.5. The van der Waals surface area contributed by atoms with Crippen LogP contribution in [0.4, 0.5) is 4.39 Å². The number of halogens is 1. The third kappa shape index (κ3) is 1.63. The van der Waals surface area contributed by atoms with Gasteiger partial charge in [0.1, 0.15) is 15.4 Å². The van der Waals surface area contributed by atoms with E-state index in [1.165, 1.54) is 18.2 Å². The molecule has 0 saturated heterocycles. The van der Waals surface area contributed by atoms with Crippen LogP contribution in [-0.2, 0) is 5.66 Å². The van der Waals surface area contributed by atoms with Crippen molar-refractivity contribution in [1.29, 1.82) is 0 Å². The van der Waals surface area contributed by atoms with Crippen molar-refractivity contribution in [1.82, 2.24) is 0 Å². The molecule has 0 bridgehead atoms. The highest BCUT2D eigenvalue weighted by Crippen LogP contribution is 2.26. The third-order valence-corrected chi connectivity index (χ3v) is 2.03. The van der Waals surface area contributed by atoms with E-state index in [9.17, 15) is 24.6 Å². The molecule has 0 aliphatic rings. The second-order valence-corrected chi connectivity index (χ2v) is 2.83. The fourth-order valence-corrected chi connectivity index (χ4v) is 1.16. The molecule has 7 heteroatoms. The van der Waals surface area contributed by atoms with Gasteiger partial charge >= 0.3 is 5.66 Å². The molecule has 0 fully saturated rings. The summed E-state index contributed by atoms with van der Waals surface area (Å²) in [4.78, 5) is 18.8. The maximum absolute atomic E-state index is 12.6. The van der Waals surface area contributed by atoms with E-state index in [1.54, 1.807) is 0 Å². The van der Waals surface area contributed by atoms with E-state index in [-0.39, 0.29) is 5.56 Å². The summed E-state index contributed by atoms with van der Waals surface area (Å²) in [6, 6.07) is 6.61. The zero-order valence-corrected chi connectivity index (χ0v) is 7.50. The summed E-state index contributed by atoms with van der Waals surface area (Å²) < 4.78 is 12.6. The molecule has 0 radical (unpaired) electrons. The molecule has 0 aromatic heterocycles. The van der Waals surface area contributed by atoms with Crippen molar-refractivity contribution in [2.45, 2.75) is 5.66 Å². The molecule has 0 aliphatic carbocycles. The van der Waals surface area contributed by atoms with Gasteiger partial charge in [-0.25, -0.2) is 4.39 Å². The normalized spacial score (nSPS) is 11.0. The molecule has 1 rings (SSSR count). The van der Waals surface area contributed by atoms with Crippen molar-refractivity contribution in [2.24, 2.45) is 0 Å². The highest BCUT2D eigenvalue weighted by atomic mass is 19.1. The number of nitro groups is 2. The molecule has 0 aliphatic heterocycles. The van der Waals surface area contributed by atoms with Gasteiger partial charge in [-0.05, 0) is 12.1 Å². The fourth-order valence-electron chi connectivity index (χ4n) is 1.16. The molecule has 0 N–H and O–H groups in total. The maximum atomic E-state index is 12.6. The van der Waals surface area contributed by atoms with Crippen molar-refractivity contribution in [3.05, 3.63) is 56.1 Å². The molecule has 0 amide bonds. The highest BCUT2D eigenvalue weighted by Gasteiger charge is 2.58. The SMILES string of the molecule is O=[N+]([O-])C(CF)(c1ccccc1)[N+](=O)[O-]. The lowest BCUT2D eigenvalue weighted by Crippen LogP contribution is -2.45. The summed E-state index contributed by atoms with van der Waals surface area (Å²) in [6.07, 6.45) is 0. The minimum absolute atomic E-state index is 0.275. The molecule has 1 aromatic carbocycles. The van der Waals surface area contributed by atoms with Crippen LogP contribution in [0.15, 0.2) is 30.3 Å². The van der Waals surface area contributed by atoms with Crippen LogP contribution in [0.5, 0.6) is 0 Å². The van der Waals surface area contributed by atoms with Crippen LogP contribution in [0, 0.1) is 20.2 Å². The summed E-state index contributed by atoms with van der Waals surface area (Å²) in [5.74, 6) is 0. The summed E-state index contributed by atoms with van der Waals surface area (Å²) in [5, 5.41) is 21.2. The first-order valence-electron chi connectivity index (χ1n) is 3.96. The van der Waals surface area contributed by atoms with Crippen LogP contribution in [-0.4, -0.2) is 16.5 Å². The monoisotopic (exact) mass is 214 g/mol. The number of benzene rings is 1. The lowest BCUT2D eigenvalue weighted by atomic mass is 10.0. The summed E-state index contributed by atoms with van der Waals surface area (Å²) in [6.45, 7) is -1.68. The van der Waals surface area contributed by atoms with Crippen molar-refractivity contribution in [3.63, 3.8) is 0 Å². The Morgan fingerprint density at radius 3 is 1.93 bits per heavy atom. The average molecular weight is 214 g/mol. The van der Waals surface area contributed by atoms with E-state index in [2.05, 4.69) is 0 Å². The number of hydrogen-bond donors (Lipinski definition) is 0. The molecule has 80 valence electrons. The molecular formula is C8H7FN2O4. The molecule has 1 aromatic rings. The Hall–Kier alpha value is -2.05. The van der Waals surface area contributed by atoms with Crippen LogP contribution >= 0.6 is 0 Å². The van der Waals surface area contributed by atoms with Gasteiger partial charge in [0.2, 0.25) is 6.67 Å². The number of hydrogen-bond acceptors (Lipinski definition) is 4. The van der Waals surface area contributed by atoms with Crippen molar-refractivity contribution >= 4 is 0 Å². The van der Waals surface area contributed by atoms with Crippen molar-refractivity contribution in [3.8, 4) is 0 Å². The summed E-state index contributed by atoms with van der Waals surface area (Å²) in [7, 11) is 0. The lowest BCUT2D eigenvalue weighted by Gasteiger charge is -2.13. The van der Waals surface area contributed by atoms with Gasteiger partial charge in [0.25, 0.3) is 0 Å². The molecule has 0 heterocycles. The van der Waals surface area contributed by atoms with Crippen molar-refractivity contribution < 1.29 is 14.2 Å². The Morgan fingerprint density at radius 2 is 1.60 bits per heavy atom. The van der Waals surface area contributed by atoms with E-state index < -0.39 is 22.2 Å².